The highest BCUT2D eigenvalue weighted by atomic mass is 31.2. The normalized spacial score (nSPS) is 19.1. The van der Waals surface area contributed by atoms with E-state index >= 15 is 0 Å². The molecular formula is C5H14NO3P. The van der Waals surface area contributed by atoms with Crippen molar-refractivity contribution < 1.29 is 14.4 Å². The third kappa shape index (κ3) is 1.80. The van der Waals surface area contributed by atoms with Crippen molar-refractivity contribution in [2.45, 2.75) is 26.1 Å². The molecule has 0 spiro atoms. The summed E-state index contributed by atoms with van der Waals surface area (Å²) in [6.45, 7) is 4.72. The fraction of sp³-hybridized carbons (Fsp3) is 1.00. The largest absolute Gasteiger partial charge is 0.345 e. The molecule has 10 heavy (non-hydrogen) atoms. The molecular weight excluding hydrogens is 153 g/mol. The summed E-state index contributed by atoms with van der Waals surface area (Å²) in [5.41, 5.74) is 5.37. The van der Waals surface area contributed by atoms with E-state index < -0.39 is 12.9 Å². The molecule has 0 aromatic carbocycles. The van der Waals surface area contributed by atoms with Crippen molar-refractivity contribution in [2.24, 2.45) is 11.7 Å². The molecule has 0 unspecified atom stereocenters. The molecule has 1 atom stereocenters. The van der Waals surface area contributed by atoms with Crippen molar-refractivity contribution in [1.82, 2.24) is 0 Å². The molecule has 0 aliphatic rings. The smallest absolute Gasteiger partial charge is 0.323 e. The average Bonchev–Trinajstić information content (AvgIpc) is 1.62. The van der Waals surface area contributed by atoms with Crippen LogP contribution in [0.4, 0.5) is 0 Å². The van der Waals surface area contributed by atoms with Gasteiger partial charge in [0.2, 0.25) is 0 Å². The summed E-state index contributed by atoms with van der Waals surface area (Å²) in [6.07, 6.45) is 0. The molecule has 0 aliphatic heterocycles. The van der Waals surface area contributed by atoms with Crippen LogP contribution in [0.3, 0.4) is 0 Å². The number of rotatable bonds is 2. The van der Waals surface area contributed by atoms with Gasteiger partial charge >= 0.3 is 7.60 Å². The second-order valence-corrected chi connectivity index (χ2v) is 4.98. The van der Waals surface area contributed by atoms with Gasteiger partial charge in [-0.2, -0.15) is 0 Å². The molecule has 5 heteroatoms. The van der Waals surface area contributed by atoms with E-state index in [1.54, 1.807) is 13.8 Å². The number of hydrogen-bond donors (Lipinski definition) is 3. The van der Waals surface area contributed by atoms with Gasteiger partial charge in [0.15, 0.2) is 0 Å². The van der Waals surface area contributed by atoms with Crippen LogP contribution in [0, 0.1) is 5.92 Å². The zero-order chi connectivity index (χ0) is 8.58. The summed E-state index contributed by atoms with van der Waals surface area (Å²) >= 11 is 0. The molecule has 0 aliphatic carbocycles. The standard InChI is InChI=1S/C5H14NO3P/c1-4(2)5(3,6)10(7,8)9/h4H,6H2,1-3H3,(H2,7,8,9)/t5-/m1/s1. The minimum Gasteiger partial charge on any atom is -0.323 e. The van der Waals surface area contributed by atoms with Crippen LogP contribution < -0.4 is 5.73 Å². The Morgan fingerprint density at radius 3 is 1.80 bits per heavy atom. The first-order chi connectivity index (χ1) is 4.19. The third-order valence-electron chi connectivity index (χ3n) is 1.80. The molecule has 0 aromatic rings. The SMILES string of the molecule is CC(C)[C@](C)(N)P(=O)(O)O. The second-order valence-electron chi connectivity index (χ2n) is 2.92. The molecule has 0 fully saturated rings. The maximum atomic E-state index is 10.7. The highest BCUT2D eigenvalue weighted by Crippen LogP contribution is 2.50. The molecule has 4 N–H and O–H groups in total. The van der Waals surface area contributed by atoms with Gasteiger partial charge in [-0.15, -0.1) is 0 Å². The zero-order valence-electron chi connectivity index (χ0n) is 6.40. The molecule has 62 valence electrons. The Balaban J connectivity index is 4.58. The molecule has 0 heterocycles. The molecule has 0 bridgehead atoms. The van der Waals surface area contributed by atoms with E-state index in [0.717, 1.165) is 0 Å². The van der Waals surface area contributed by atoms with E-state index in [0.29, 0.717) is 0 Å². The molecule has 4 nitrogen and oxygen atoms in total. The van der Waals surface area contributed by atoms with Crippen LogP contribution >= 0.6 is 7.60 Å². The van der Waals surface area contributed by atoms with Crippen molar-refractivity contribution in [3.8, 4) is 0 Å². The fourth-order valence-electron chi connectivity index (χ4n) is 0.336. The van der Waals surface area contributed by atoms with Crippen LogP contribution in [0.2, 0.25) is 0 Å². The Labute approximate surface area is 60.6 Å². The first-order valence-corrected chi connectivity index (χ1v) is 4.65. The van der Waals surface area contributed by atoms with Gasteiger partial charge < -0.3 is 15.5 Å². The predicted octanol–water partition coefficient (Wildman–Crippen LogP) is 0.495. The van der Waals surface area contributed by atoms with Crippen molar-refractivity contribution in [3.05, 3.63) is 0 Å². The van der Waals surface area contributed by atoms with E-state index in [9.17, 15) is 4.57 Å². The van der Waals surface area contributed by atoms with Gasteiger partial charge in [0.25, 0.3) is 0 Å². The van der Waals surface area contributed by atoms with Crippen molar-refractivity contribution >= 4 is 7.60 Å². The Morgan fingerprint density at radius 2 is 1.80 bits per heavy atom. The Kier molecular flexibility index (Phi) is 2.65. The van der Waals surface area contributed by atoms with Crippen LogP contribution in [0.5, 0.6) is 0 Å². The zero-order valence-corrected chi connectivity index (χ0v) is 7.30. The highest BCUT2D eigenvalue weighted by molar-refractivity contribution is 7.53. The van der Waals surface area contributed by atoms with Gasteiger partial charge in [-0.1, -0.05) is 13.8 Å². The lowest BCUT2D eigenvalue weighted by atomic mass is 10.1. The van der Waals surface area contributed by atoms with Crippen molar-refractivity contribution in [3.63, 3.8) is 0 Å². The quantitative estimate of drug-likeness (QED) is 0.523. The van der Waals surface area contributed by atoms with Gasteiger partial charge in [-0.3, -0.25) is 4.57 Å². The summed E-state index contributed by atoms with van der Waals surface area (Å²) in [6, 6.07) is 0. The molecule has 0 radical (unpaired) electrons. The summed E-state index contributed by atoms with van der Waals surface area (Å²) in [5, 5.41) is -1.40. The third-order valence-corrected chi connectivity index (χ3v) is 3.57. The van der Waals surface area contributed by atoms with E-state index in [1.165, 1.54) is 6.92 Å². The minimum absolute atomic E-state index is 0.228. The molecule has 0 saturated carbocycles. The Hall–Kier alpha value is 0.110. The predicted molar refractivity (Wildman–Crippen MR) is 39.5 cm³/mol. The topological polar surface area (TPSA) is 83.6 Å². The second kappa shape index (κ2) is 2.62. The van der Waals surface area contributed by atoms with E-state index in [4.69, 9.17) is 15.5 Å². The Bertz CT molecular complexity index is 160. The summed E-state index contributed by atoms with van der Waals surface area (Å²) < 4.78 is 10.7. The molecule has 0 saturated heterocycles. The summed E-state index contributed by atoms with van der Waals surface area (Å²) in [7, 11) is -4.15. The lowest BCUT2D eigenvalue weighted by Crippen LogP contribution is -2.41. The summed E-state index contributed by atoms with van der Waals surface area (Å²) in [4.78, 5) is 17.4. The van der Waals surface area contributed by atoms with E-state index in [1.807, 2.05) is 0 Å². The monoisotopic (exact) mass is 167 g/mol. The highest BCUT2D eigenvalue weighted by Gasteiger charge is 2.41. The van der Waals surface area contributed by atoms with Crippen LogP contribution in [-0.2, 0) is 4.57 Å². The maximum Gasteiger partial charge on any atom is 0.345 e. The molecule has 0 amide bonds. The van der Waals surface area contributed by atoms with Gasteiger partial charge in [0.1, 0.15) is 5.28 Å². The van der Waals surface area contributed by atoms with Crippen molar-refractivity contribution in [2.75, 3.05) is 0 Å². The number of nitrogens with two attached hydrogens (primary N) is 1. The lowest BCUT2D eigenvalue weighted by molar-refractivity contribution is 0.300. The van der Waals surface area contributed by atoms with Crippen molar-refractivity contribution in [1.29, 1.82) is 0 Å². The Morgan fingerprint density at radius 1 is 1.50 bits per heavy atom. The van der Waals surface area contributed by atoms with Crippen LogP contribution in [-0.4, -0.2) is 15.1 Å². The first-order valence-electron chi connectivity index (χ1n) is 3.04. The van der Waals surface area contributed by atoms with Gasteiger partial charge in [0.05, 0.1) is 0 Å². The van der Waals surface area contributed by atoms with Gasteiger partial charge in [-0.25, -0.2) is 0 Å². The lowest BCUT2D eigenvalue weighted by Gasteiger charge is -2.29. The molecule has 0 aromatic heterocycles. The molecule has 0 rings (SSSR count). The van der Waals surface area contributed by atoms with E-state index in [2.05, 4.69) is 0 Å². The van der Waals surface area contributed by atoms with Crippen LogP contribution in [0.1, 0.15) is 20.8 Å². The first kappa shape index (κ1) is 10.1. The van der Waals surface area contributed by atoms with Crippen LogP contribution in [0.25, 0.3) is 0 Å². The average molecular weight is 167 g/mol. The fourth-order valence-corrected chi connectivity index (χ4v) is 1.01. The maximum absolute atomic E-state index is 10.7. The van der Waals surface area contributed by atoms with Gasteiger partial charge in [-0.05, 0) is 12.8 Å². The minimum atomic E-state index is -4.15. The van der Waals surface area contributed by atoms with E-state index in [-0.39, 0.29) is 5.92 Å². The van der Waals surface area contributed by atoms with Gasteiger partial charge in [0, 0.05) is 0 Å². The number of hydrogen-bond acceptors (Lipinski definition) is 2. The summed E-state index contributed by atoms with van der Waals surface area (Å²) in [5.74, 6) is -0.228. The van der Waals surface area contributed by atoms with Crippen LogP contribution in [0.15, 0.2) is 0 Å².